The van der Waals surface area contributed by atoms with Gasteiger partial charge in [0.2, 0.25) is 0 Å². The Morgan fingerprint density at radius 2 is 2.13 bits per heavy atom. The van der Waals surface area contributed by atoms with Gasteiger partial charge < -0.3 is 5.11 Å². The third-order valence-electron chi connectivity index (χ3n) is 5.33. The van der Waals surface area contributed by atoms with Crippen molar-refractivity contribution in [2.24, 2.45) is 11.3 Å². The molecule has 1 aliphatic carbocycles. The Kier molecular flexibility index (Phi) is 4.43. The zero-order valence-corrected chi connectivity index (χ0v) is 13.9. The molecule has 0 spiro atoms. The Morgan fingerprint density at radius 3 is 2.74 bits per heavy atom. The summed E-state index contributed by atoms with van der Waals surface area (Å²) in [5, 5.41) is 15.6. The number of benzene rings is 1. The minimum atomic E-state index is -0.975. The van der Waals surface area contributed by atoms with Crippen molar-refractivity contribution in [1.82, 2.24) is 14.8 Å². The minimum Gasteiger partial charge on any atom is -0.387 e. The second-order valence-corrected chi connectivity index (χ2v) is 7.05. The van der Waals surface area contributed by atoms with Crippen LogP contribution in [0.15, 0.2) is 36.9 Å². The first-order valence-electron chi connectivity index (χ1n) is 7.82. The molecule has 124 valence electrons. The third-order valence-corrected chi connectivity index (χ3v) is 5.91. The van der Waals surface area contributed by atoms with Crippen LogP contribution < -0.4 is 0 Å². The summed E-state index contributed by atoms with van der Waals surface area (Å²) in [5.41, 5.74) is -0.338. The number of aliphatic hydroxyl groups is 1. The van der Waals surface area contributed by atoms with Crippen LogP contribution in [0.25, 0.3) is 0 Å². The first kappa shape index (κ1) is 16.4. The highest BCUT2D eigenvalue weighted by molar-refractivity contribution is 6.18. The van der Waals surface area contributed by atoms with E-state index in [9.17, 15) is 9.50 Å². The predicted octanol–water partition coefficient (Wildman–Crippen LogP) is 3.05. The second kappa shape index (κ2) is 6.21. The lowest BCUT2D eigenvalue weighted by Crippen LogP contribution is -2.51. The smallest absolute Gasteiger partial charge is 0.137 e. The lowest BCUT2D eigenvalue weighted by atomic mass is 9.72. The summed E-state index contributed by atoms with van der Waals surface area (Å²) in [4.78, 5) is 3.95. The van der Waals surface area contributed by atoms with Crippen LogP contribution in [0.1, 0.15) is 25.3 Å². The van der Waals surface area contributed by atoms with Gasteiger partial charge >= 0.3 is 0 Å². The van der Waals surface area contributed by atoms with Crippen LogP contribution in [0.2, 0.25) is 0 Å². The normalized spacial score (nSPS) is 30.7. The van der Waals surface area contributed by atoms with Crippen molar-refractivity contribution in [2.75, 3.05) is 5.88 Å². The molecular weight excluding hydrogens is 317 g/mol. The van der Waals surface area contributed by atoms with Gasteiger partial charge in [0.1, 0.15) is 18.5 Å². The molecule has 0 saturated heterocycles. The maximum Gasteiger partial charge on any atom is 0.137 e. The van der Waals surface area contributed by atoms with E-state index in [4.69, 9.17) is 11.6 Å². The van der Waals surface area contributed by atoms with Crippen LogP contribution >= 0.6 is 11.6 Å². The van der Waals surface area contributed by atoms with E-state index in [1.165, 1.54) is 18.5 Å². The summed E-state index contributed by atoms with van der Waals surface area (Å²) in [6.07, 6.45) is 5.50. The zero-order valence-electron chi connectivity index (χ0n) is 13.1. The van der Waals surface area contributed by atoms with E-state index in [1.54, 1.807) is 23.1 Å². The summed E-state index contributed by atoms with van der Waals surface area (Å²) < 4.78 is 14.8. The van der Waals surface area contributed by atoms with E-state index in [-0.39, 0.29) is 17.2 Å². The topological polar surface area (TPSA) is 50.9 Å². The molecule has 2 aromatic rings. The Hall–Kier alpha value is -1.46. The molecule has 23 heavy (non-hydrogen) atoms. The molecule has 0 bridgehead atoms. The average Bonchev–Trinajstić information content (AvgIpc) is 3.12. The molecule has 3 rings (SSSR count). The molecule has 1 saturated carbocycles. The number of hydrogen-bond donors (Lipinski definition) is 1. The van der Waals surface area contributed by atoms with Gasteiger partial charge in [0, 0.05) is 11.3 Å². The molecule has 0 amide bonds. The Labute approximate surface area is 140 Å². The quantitative estimate of drug-likeness (QED) is 0.853. The van der Waals surface area contributed by atoms with Crippen molar-refractivity contribution in [1.29, 1.82) is 0 Å². The van der Waals surface area contributed by atoms with Crippen LogP contribution in [0.4, 0.5) is 4.39 Å². The highest BCUT2D eigenvalue weighted by Crippen LogP contribution is 2.52. The number of nitrogens with zero attached hydrogens (tertiary/aromatic N) is 3. The summed E-state index contributed by atoms with van der Waals surface area (Å²) in [6, 6.07) is 6.48. The fourth-order valence-corrected chi connectivity index (χ4v) is 4.05. The average molecular weight is 338 g/mol. The molecule has 1 aromatic carbocycles. The fraction of sp³-hybridized carbons (Fsp3) is 0.529. The van der Waals surface area contributed by atoms with Crippen molar-refractivity contribution in [3.8, 4) is 0 Å². The number of halogens is 2. The highest BCUT2D eigenvalue weighted by atomic mass is 35.5. The molecule has 0 unspecified atom stereocenters. The third kappa shape index (κ3) is 3.00. The number of hydrogen-bond acceptors (Lipinski definition) is 3. The molecule has 1 aliphatic rings. The van der Waals surface area contributed by atoms with E-state index in [0.29, 0.717) is 18.8 Å². The summed E-state index contributed by atoms with van der Waals surface area (Å²) in [7, 11) is 0. The fourth-order valence-electron chi connectivity index (χ4n) is 3.68. The van der Waals surface area contributed by atoms with E-state index < -0.39 is 5.60 Å². The number of aromatic nitrogens is 3. The lowest BCUT2D eigenvalue weighted by Gasteiger charge is -2.42. The highest BCUT2D eigenvalue weighted by Gasteiger charge is 2.56. The molecule has 0 radical (unpaired) electrons. The Morgan fingerprint density at radius 1 is 1.39 bits per heavy atom. The van der Waals surface area contributed by atoms with Gasteiger partial charge in [-0.3, -0.25) is 4.68 Å². The standard InChI is InChI=1S/C17H21ClFN3O/c1-16(9-18)7-6-14(8-13-2-4-15(19)5-3-13)17(16,23)10-22-12-20-11-21-22/h2-5,11-12,14,23H,6-10H2,1H3/t14-,16-,17+/m1/s1. The summed E-state index contributed by atoms with van der Waals surface area (Å²) >= 11 is 6.21. The van der Waals surface area contributed by atoms with Crippen LogP contribution in [-0.4, -0.2) is 31.4 Å². The van der Waals surface area contributed by atoms with E-state index in [1.807, 2.05) is 6.92 Å². The zero-order chi connectivity index (χ0) is 16.5. The van der Waals surface area contributed by atoms with Crippen molar-refractivity contribution >= 4 is 11.6 Å². The molecule has 4 nitrogen and oxygen atoms in total. The molecule has 1 aromatic heterocycles. The van der Waals surface area contributed by atoms with Crippen molar-refractivity contribution < 1.29 is 9.50 Å². The van der Waals surface area contributed by atoms with Gasteiger partial charge in [0.25, 0.3) is 0 Å². The van der Waals surface area contributed by atoms with Crippen molar-refractivity contribution in [3.05, 3.63) is 48.3 Å². The Bertz CT molecular complexity index is 648. The second-order valence-electron chi connectivity index (χ2n) is 6.78. The minimum absolute atomic E-state index is 0.0425. The van der Waals surface area contributed by atoms with Gasteiger partial charge in [-0.15, -0.1) is 11.6 Å². The summed E-state index contributed by atoms with van der Waals surface area (Å²) in [5.74, 6) is 0.183. The van der Waals surface area contributed by atoms with Gasteiger partial charge in [-0.1, -0.05) is 19.1 Å². The van der Waals surface area contributed by atoms with Crippen molar-refractivity contribution in [2.45, 2.75) is 38.3 Å². The maximum absolute atomic E-state index is 13.1. The SMILES string of the molecule is C[C@]1(CCl)CC[C@H](Cc2ccc(F)cc2)[C@@]1(O)Cn1cncn1. The first-order valence-corrected chi connectivity index (χ1v) is 8.35. The van der Waals surface area contributed by atoms with Gasteiger partial charge in [-0.25, -0.2) is 9.37 Å². The van der Waals surface area contributed by atoms with Crippen molar-refractivity contribution in [3.63, 3.8) is 0 Å². The number of rotatable bonds is 5. The number of alkyl halides is 1. The monoisotopic (exact) mass is 337 g/mol. The van der Waals surface area contributed by atoms with Gasteiger partial charge in [-0.05, 0) is 42.9 Å². The molecule has 6 heteroatoms. The van der Waals surface area contributed by atoms with E-state index in [0.717, 1.165) is 18.4 Å². The van der Waals surface area contributed by atoms with E-state index in [2.05, 4.69) is 10.1 Å². The van der Waals surface area contributed by atoms with E-state index >= 15 is 0 Å². The largest absolute Gasteiger partial charge is 0.387 e. The lowest BCUT2D eigenvalue weighted by molar-refractivity contribution is -0.0891. The van der Waals surface area contributed by atoms with Gasteiger partial charge in [0.15, 0.2) is 0 Å². The van der Waals surface area contributed by atoms with Crippen LogP contribution in [0.5, 0.6) is 0 Å². The molecule has 1 N–H and O–H groups in total. The van der Waals surface area contributed by atoms with Gasteiger partial charge in [-0.2, -0.15) is 5.10 Å². The predicted molar refractivity (Wildman–Crippen MR) is 86.6 cm³/mol. The molecule has 3 atom stereocenters. The van der Waals surface area contributed by atoms with Crippen LogP contribution in [-0.2, 0) is 13.0 Å². The molecule has 1 fully saturated rings. The first-order chi connectivity index (χ1) is 11.0. The molecular formula is C17H21ClFN3O. The molecule has 0 aliphatic heterocycles. The summed E-state index contributed by atoms with van der Waals surface area (Å²) in [6.45, 7) is 2.39. The van der Waals surface area contributed by atoms with Crippen LogP contribution in [0.3, 0.4) is 0 Å². The van der Waals surface area contributed by atoms with Crippen LogP contribution in [0, 0.1) is 17.2 Å². The maximum atomic E-state index is 13.1. The molecule has 1 heterocycles. The Balaban J connectivity index is 1.87. The van der Waals surface area contributed by atoms with Gasteiger partial charge in [0.05, 0.1) is 12.1 Å².